The molecule has 4 heteroatoms. The third-order valence-corrected chi connectivity index (χ3v) is 0.228. The molecular formula is C4H6O4. The second-order valence-corrected chi connectivity index (χ2v) is 0.911. The third kappa shape index (κ3) is 4.94. The van der Waals surface area contributed by atoms with Crippen LogP contribution >= 0.6 is 0 Å². The Hall–Kier alpha value is -1.06. The van der Waals surface area contributed by atoms with Gasteiger partial charge in [-0.2, -0.15) is 0 Å². The summed E-state index contributed by atoms with van der Waals surface area (Å²) in [4.78, 5) is 27.7. The van der Waals surface area contributed by atoms with Crippen molar-refractivity contribution < 1.29 is 22.1 Å². The summed E-state index contributed by atoms with van der Waals surface area (Å²) >= 11 is 0. The maximum atomic E-state index is 10.1. The largest absolute Gasteiger partial charge is 0.352 e. The van der Waals surface area contributed by atoms with E-state index in [1.807, 2.05) is 0 Å². The van der Waals surface area contributed by atoms with E-state index in [-0.39, 0.29) is 0 Å². The number of rotatable bonds is 0. The number of carbonyl (C=O) groups excluding carboxylic acids is 2. The van der Waals surface area contributed by atoms with Gasteiger partial charge in [0.15, 0.2) is 0 Å². The van der Waals surface area contributed by atoms with Gasteiger partial charge in [0.05, 0.1) is 0 Å². The van der Waals surface area contributed by atoms with Crippen LogP contribution in [0.2, 0.25) is 0 Å². The Bertz CT molecular complexity index is 119. The highest BCUT2D eigenvalue weighted by molar-refractivity contribution is 5.69. The molecule has 0 fully saturated rings. The number of hydrogen-bond donors (Lipinski definition) is 0. The lowest BCUT2D eigenvalue weighted by Gasteiger charge is -1.93. The molecule has 0 aliphatic carbocycles. The summed E-state index contributed by atoms with van der Waals surface area (Å²) in [5, 5.41) is 0. The fourth-order valence-electron chi connectivity index (χ4n) is 0.0929. The normalized spacial score (nSPS) is 11.0. The minimum absolute atomic E-state index is 0.606. The number of hydrogen-bond acceptors (Lipinski definition) is 4. The first-order valence-corrected chi connectivity index (χ1v) is 1.69. The standard InChI is InChI=1S/C4H6O4/c1-3(5)7-8-4(2)6/h1-2H3/i1D,2D. The van der Waals surface area contributed by atoms with Gasteiger partial charge in [-0.15, -0.1) is 0 Å². The Kier molecular flexibility index (Phi) is 1.46. The first-order valence-electron chi connectivity index (χ1n) is 3.10. The van der Waals surface area contributed by atoms with E-state index >= 15 is 0 Å². The maximum absolute atomic E-state index is 10.1. The summed E-state index contributed by atoms with van der Waals surface area (Å²) in [7, 11) is 0. The summed E-state index contributed by atoms with van der Waals surface area (Å²) in [5.41, 5.74) is 0. The average Bonchev–Trinajstić information content (AvgIpc) is 1.99. The average molecular weight is 120 g/mol. The highest BCUT2D eigenvalue weighted by atomic mass is 17.2. The zero-order valence-electron chi connectivity index (χ0n) is 6.05. The van der Waals surface area contributed by atoms with Crippen molar-refractivity contribution in [2.75, 3.05) is 0 Å². The van der Waals surface area contributed by atoms with Crippen LogP contribution in [-0.4, -0.2) is 11.9 Å². The molecule has 0 bridgehead atoms. The monoisotopic (exact) mass is 120 g/mol. The second-order valence-electron chi connectivity index (χ2n) is 0.911. The van der Waals surface area contributed by atoms with Crippen LogP contribution in [0.3, 0.4) is 0 Å². The summed E-state index contributed by atoms with van der Waals surface area (Å²) in [6.45, 7) is -1.21. The first-order chi connectivity index (χ1) is 4.70. The molecule has 0 spiro atoms. The molecule has 0 saturated heterocycles. The van der Waals surface area contributed by atoms with Crippen LogP contribution < -0.4 is 0 Å². The van der Waals surface area contributed by atoms with Gasteiger partial charge in [0.2, 0.25) is 0 Å². The van der Waals surface area contributed by atoms with Crippen LogP contribution in [0.25, 0.3) is 0 Å². The summed E-state index contributed by atoms with van der Waals surface area (Å²) in [5.74, 6) is -1.91. The Morgan fingerprint density at radius 2 is 1.62 bits per heavy atom. The predicted octanol–water partition coefficient (Wildman–Crippen LogP) is 0.0276. The van der Waals surface area contributed by atoms with E-state index in [1.165, 1.54) is 0 Å². The molecule has 0 N–H and O–H groups in total. The summed E-state index contributed by atoms with van der Waals surface area (Å²) in [6.07, 6.45) is 0. The summed E-state index contributed by atoms with van der Waals surface area (Å²) in [6, 6.07) is 0. The second kappa shape index (κ2) is 3.01. The zero-order valence-corrected chi connectivity index (χ0v) is 4.05. The molecule has 4 nitrogen and oxygen atoms in total. The fraction of sp³-hybridized carbons (Fsp3) is 0.500. The molecule has 0 aromatic carbocycles. The fourth-order valence-corrected chi connectivity index (χ4v) is 0.0929. The maximum Gasteiger partial charge on any atom is 0.352 e. The predicted molar refractivity (Wildman–Crippen MR) is 23.5 cm³/mol. The molecule has 0 atom stereocenters. The van der Waals surface area contributed by atoms with Crippen molar-refractivity contribution in [2.45, 2.75) is 13.8 Å². The van der Waals surface area contributed by atoms with E-state index < -0.39 is 25.7 Å². The van der Waals surface area contributed by atoms with Gasteiger partial charge in [-0.25, -0.2) is 19.4 Å². The van der Waals surface area contributed by atoms with Gasteiger partial charge in [-0.05, 0) is 0 Å². The lowest BCUT2D eigenvalue weighted by atomic mass is 10.8. The molecule has 0 unspecified atom stereocenters. The highest BCUT2D eigenvalue weighted by Crippen LogP contribution is 1.78. The molecule has 0 saturated carbocycles. The van der Waals surface area contributed by atoms with Crippen molar-refractivity contribution in [1.29, 1.82) is 0 Å². The molecule has 0 rings (SSSR count). The van der Waals surface area contributed by atoms with Gasteiger partial charge in [0, 0.05) is 16.5 Å². The minimum atomic E-state index is -0.957. The van der Waals surface area contributed by atoms with Gasteiger partial charge in [-0.3, -0.25) is 0 Å². The molecular weight excluding hydrogens is 112 g/mol. The Morgan fingerprint density at radius 3 is 1.88 bits per heavy atom. The smallest absolute Gasteiger partial charge is 0.248 e. The van der Waals surface area contributed by atoms with Crippen molar-refractivity contribution in [3.05, 3.63) is 0 Å². The molecule has 8 heavy (non-hydrogen) atoms. The Labute approximate surface area is 49.1 Å². The van der Waals surface area contributed by atoms with Crippen molar-refractivity contribution in [2.24, 2.45) is 0 Å². The third-order valence-electron chi connectivity index (χ3n) is 0.228. The molecule has 0 radical (unpaired) electrons. The van der Waals surface area contributed by atoms with Crippen molar-refractivity contribution >= 4 is 11.9 Å². The first kappa shape index (κ1) is 3.88. The lowest BCUT2D eigenvalue weighted by molar-refractivity contribution is -0.255. The molecule has 0 aromatic rings. The summed E-state index contributed by atoms with van der Waals surface area (Å²) < 4.78 is 12.8. The molecule has 46 valence electrons. The van der Waals surface area contributed by atoms with Crippen molar-refractivity contribution in [3.63, 3.8) is 0 Å². The van der Waals surface area contributed by atoms with Crippen LogP contribution in [0.1, 0.15) is 16.5 Å². The van der Waals surface area contributed by atoms with E-state index in [2.05, 4.69) is 9.78 Å². The van der Waals surface area contributed by atoms with E-state index in [4.69, 9.17) is 2.74 Å². The molecule has 0 heterocycles. The van der Waals surface area contributed by atoms with E-state index in [0.717, 1.165) is 0 Å². The van der Waals surface area contributed by atoms with Gasteiger partial charge >= 0.3 is 11.9 Å². The Balaban J connectivity index is 3.35. The number of carbonyl (C=O) groups is 2. The van der Waals surface area contributed by atoms with Crippen LogP contribution in [0.5, 0.6) is 0 Å². The van der Waals surface area contributed by atoms with Crippen molar-refractivity contribution in [3.8, 4) is 0 Å². The van der Waals surface area contributed by atoms with Crippen molar-refractivity contribution in [1.82, 2.24) is 0 Å². The lowest BCUT2D eigenvalue weighted by Crippen LogP contribution is -2.03. The molecule has 0 amide bonds. The van der Waals surface area contributed by atoms with Gasteiger partial charge in [-0.1, -0.05) is 0 Å². The van der Waals surface area contributed by atoms with Gasteiger partial charge < -0.3 is 0 Å². The van der Waals surface area contributed by atoms with E-state index in [9.17, 15) is 9.59 Å². The Morgan fingerprint density at radius 1 is 1.25 bits per heavy atom. The quantitative estimate of drug-likeness (QED) is 0.334. The van der Waals surface area contributed by atoms with Gasteiger partial charge in [0.1, 0.15) is 0 Å². The van der Waals surface area contributed by atoms with Crippen LogP contribution in [0.4, 0.5) is 0 Å². The van der Waals surface area contributed by atoms with Gasteiger partial charge in [0.25, 0.3) is 0 Å². The molecule has 0 aliphatic heterocycles. The minimum Gasteiger partial charge on any atom is -0.248 e. The zero-order chi connectivity index (χ0) is 7.98. The highest BCUT2D eigenvalue weighted by Gasteiger charge is 1.95. The molecule has 0 aliphatic rings. The van der Waals surface area contributed by atoms with E-state index in [1.54, 1.807) is 0 Å². The van der Waals surface area contributed by atoms with E-state index in [0.29, 0.717) is 0 Å². The van der Waals surface area contributed by atoms with Crippen LogP contribution in [0.15, 0.2) is 0 Å². The van der Waals surface area contributed by atoms with Crippen LogP contribution in [-0.2, 0) is 19.4 Å². The van der Waals surface area contributed by atoms with Crippen LogP contribution in [0, 0.1) is 0 Å². The topological polar surface area (TPSA) is 52.6 Å². The molecule has 0 aromatic heterocycles. The SMILES string of the molecule is [2H]CC(=O)OOC(=O)C[2H].